The van der Waals surface area contributed by atoms with Gasteiger partial charge in [0.15, 0.2) is 0 Å². The van der Waals surface area contributed by atoms with Gasteiger partial charge < -0.3 is 9.72 Å². The van der Waals surface area contributed by atoms with Crippen LogP contribution in [0.3, 0.4) is 0 Å². The van der Waals surface area contributed by atoms with E-state index in [1.807, 2.05) is 41.1 Å². The van der Waals surface area contributed by atoms with Crippen molar-refractivity contribution in [2.24, 2.45) is 0 Å². The molecule has 23 heavy (non-hydrogen) atoms. The zero-order chi connectivity index (χ0) is 16.2. The summed E-state index contributed by atoms with van der Waals surface area (Å²) in [5.41, 5.74) is 4.05. The van der Waals surface area contributed by atoms with E-state index in [0.29, 0.717) is 24.4 Å². The average molecular weight is 328 g/mol. The number of fused-ring (bicyclic) bond motifs is 1. The molecule has 0 saturated heterocycles. The number of nitrogens with one attached hydrogen (secondary N) is 1. The standard InChI is InChI=1S/C18H18ClN3O/c1-13-2-7-17-21-16(12-22(17)11-13)8-9-20-18(23)10-14-3-5-15(19)6-4-14/h2-7,11-12H,8-10H2,1H3,(H,20,23). The molecular weight excluding hydrogens is 310 g/mol. The fourth-order valence-electron chi connectivity index (χ4n) is 2.46. The van der Waals surface area contributed by atoms with Crippen LogP contribution in [-0.4, -0.2) is 21.8 Å². The van der Waals surface area contributed by atoms with Gasteiger partial charge in [-0.25, -0.2) is 4.98 Å². The van der Waals surface area contributed by atoms with Crippen LogP contribution in [0.15, 0.2) is 48.8 Å². The average Bonchev–Trinajstić information content (AvgIpc) is 2.91. The number of carbonyl (C=O) groups excluding carboxylic acids is 1. The van der Waals surface area contributed by atoms with Crippen molar-refractivity contribution in [1.82, 2.24) is 14.7 Å². The molecule has 0 bridgehead atoms. The highest BCUT2D eigenvalue weighted by Crippen LogP contribution is 2.10. The van der Waals surface area contributed by atoms with Crippen molar-refractivity contribution in [1.29, 1.82) is 0 Å². The summed E-state index contributed by atoms with van der Waals surface area (Å²) >= 11 is 5.83. The van der Waals surface area contributed by atoms with Crippen LogP contribution < -0.4 is 5.32 Å². The largest absolute Gasteiger partial charge is 0.355 e. The molecule has 118 valence electrons. The minimum Gasteiger partial charge on any atom is -0.355 e. The van der Waals surface area contributed by atoms with Gasteiger partial charge in [-0.3, -0.25) is 4.79 Å². The van der Waals surface area contributed by atoms with Crippen molar-refractivity contribution >= 4 is 23.2 Å². The van der Waals surface area contributed by atoms with Gasteiger partial charge in [-0.05, 0) is 36.2 Å². The number of benzene rings is 1. The van der Waals surface area contributed by atoms with Crippen LogP contribution in [0.1, 0.15) is 16.8 Å². The van der Waals surface area contributed by atoms with E-state index in [2.05, 4.69) is 17.2 Å². The lowest BCUT2D eigenvalue weighted by Crippen LogP contribution is -2.27. The van der Waals surface area contributed by atoms with Crippen molar-refractivity contribution in [2.45, 2.75) is 19.8 Å². The molecule has 0 radical (unpaired) electrons. The lowest BCUT2D eigenvalue weighted by atomic mass is 10.1. The summed E-state index contributed by atoms with van der Waals surface area (Å²) in [5.74, 6) is 0.00642. The Balaban J connectivity index is 1.51. The lowest BCUT2D eigenvalue weighted by molar-refractivity contribution is -0.120. The van der Waals surface area contributed by atoms with E-state index in [9.17, 15) is 4.79 Å². The van der Waals surface area contributed by atoms with Gasteiger partial charge in [0, 0.05) is 30.4 Å². The lowest BCUT2D eigenvalue weighted by Gasteiger charge is -2.04. The van der Waals surface area contributed by atoms with Crippen molar-refractivity contribution in [3.05, 3.63) is 70.6 Å². The van der Waals surface area contributed by atoms with E-state index in [1.165, 1.54) is 5.56 Å². The third-order valence-corrected chi connectivity index (χ3v) is 3.88. The molecule has 0 aliphatic carbocycles. The maximum absolute atomic E-state index is 11.9. The number of rotatable bonds is 5. The van der Waals surface area contributed by atoms with Gasteiger partial charge >= 0.3 is 0 Å². The second-order valence-corrected chi connectivity index (χ2v) is 6.04. The first kappa shape index (κ1) is 15.6. The first-order valence-corrected chi connectivity index (χ1v) is 7.93. The van der Waals surface area contributed by atoms with Gasteiger partial charge in [-0.15, -0.1) is 0 Å². The smallest absolute Gasteiger partial charge is 0.224 e. The van der Waals surface area contributed by atoms with E-state index in [1.54, 1.807) is 12.1 Å². The molecule has 1 N–H and O–H groups in total. The number of nitrogens with zero attached hydrogens (tertiary/aromatic N) is 2. The Labute approximate surface area is 140 Å². The van der Waals surface area contributed by atoms with E-state index in [-0.39, 0.29) is 5.91 Å². The minimum atomic E-state index is 0.00642. The summed E-state index contributed by atoms with van der Waals surface area (Å²) in [6, 6.07) is 11.4. The number of imidazole rings is 1. The maximum Gasteiger partial charge on any atom is 0.224 e. The van der Waals surface area contributed by atoms with Gasteiger partial charge in [0.2, 0.25) is 5.91 Å². The van der Waals surface area contributed by atoms with Crippen molar-refractivity contribution < 1.29 is 4.79 Å². The van der Waals surface area contributed by atoms with Crippen LogP contribution in [0.5, 0.6) is 0 Å². The Kier molecular flexibility index (Phi) is 4.63. The van der Waals surface area contributed by atoms with Gasteiger partial charge in [0.1, 0.15) is 5.65 Å². The number of halogens is 1. The first-order valence-electron chi connectivity index (χ1n) is 7.55. The van der Waals surface area contributed by atoms with E-state index in [0.717, 1.165) is 16.9 Å². The Morgan fingerprint density at radius 1 is 1.17 bits per heavy atom. The highest BCUT2D eigenvalue weighted by atomic mass is 35.5. The van der Waals surface area contributed by atoms with Crippen molar-refractivity contribution in [3.63, 3.8) is 0 Å². The second-order valence-electron chi connectivity index (χ2n) is 5.61. The molecule has 2 aromatic heterocycles. The van der Waals surface area contributed by atoms with Crippen molar-refractivity contribution in [3.8, 4) is 0 Å². The fraction of sp³-hybridized carbons (Fsp3) is 0.222. The minimum absolute atomic E-state index is 0.00642. The summed E-state index contributed by atoms with van der Waals surface area (Å²) in [5, 5.41) is 3.61. The molecule has 0 unspecified atom stereocenters. The van der Waals surface area contributed by atoms with E-state index in [4.69, 9.17) is 11.6 Å². The van der Waals surface area contributed by atoms with Crippen LogP contribution in [0.25, 0.3) is 5.65 Å². The predicted octanol–water partition coefficient (Wildman–Crippen LogP) is 3.20. The maximum atomic E-state index is 11.9. The third kappa shape index (κ3) is 4.11. The molecule has 5 heteroatoms. The topological polar surface area (TPSA) is 46.4 Å². The molecule has 0 saturated carbocycles. The van der Waals surface area contributed by atoms with Gasteiger partial charge in [-0.2, -0.15) is 0 Å². The Morgan fingerprint density at radius 3 is 2.74 bits per heavy atom. The molecule has 0 fully saturated rings. The predicted molar refractivity (Wildman–Crippen MR) is 91.8 cm³/mol. The molecule has 0 aliphatic rings. The molecule has 0 atom stereocenters. The highest BCUT2D eigenvalue weighted by molar-refractivity contribution is 6.30. The highest BCUT2D eigenvalue weighted by Gasteiger charge is 2.05. The summed E-state index contributed by atoms with van der Waals surface area (Å²) in [7, 11) is 0. The van der Waals surface area contributed by atoms with Crippen LogP contribution in [0, 0.1) is 6.92 Å². The number of hydrogen-bond donors (Lipinski definition) is 1. The monoisotopic (exact) mass is 327 g/mol. The second kappa shape index (κ2) is 6.84. The number of amides is 1. The normalized spacial score (nSPS) is 10.9. The van der Waals surface area contributed by atoms with E-state index < -0.39 is 0 Å². The summed E-state index contributed by atoms with van der Waals surface area (Å²) in [6.07, 6.45) is 5.13. The Bertz CT molecular complexity index is 824. The summed E-state index contributed by atoms with van der Waals surface area (Å²) < 4.78 is 2.01. The Morgan fingerprint density at radius 2 is 1.96 bits per heavy atom. The molecular formula is C18H18ClN3O. The number of aromatic nitrogens is 2. The molecule has 1 amide bonds. The molecule has 3 rings (SSSR count). The number of hydrogen-bond acceptors (Lipinski definition) is 2. The number of aryl methyl sites for hydroxylation is 1. The SMILES string of the molecule is Cc1ccc2nc(CCNC(=O)Cc3ccc(Cl)cc3)cn2c1. The molecule has 0 spiro atoms. The zero-order valence-corrected chi connectivity index (χ0v) is 13.7. The van der Waals surface area contributed by atoms with E-state index >= 15 is 0 Å². The summed E-state index contributed by atoms with van der Waals surface area (Å²) in [4.78, 5) is 16.5. The number of carbonyl (C=O) groups is 1. The molecule has 3 aromatic rings. The molecule has 1 aromatic carbocycles. The quantitative estimate of drug-likeness (QED) is 0.782. The van der Waals surface area contributed by atoms with Crippen molar-refractivity contribution in [2.75, 3.05) is 6.54 Å². The van der Waals surface area contributed by atoms with Gasteiger partial charge in [-0.1, -0.05) is 29.8 Å². The van der Waals surface area contributed by atoms with Gasteiger partial charge in [0.05, 0.1) is 12.1 Å². The van der Waals surface area contributed by atoms with Crippen LogP contribution in [0.4, 0.5) is 0 Å². The van der Waals surface area contributed by atoms with Crippen LogP contribution in [0.2, 0.25) is 5.02 Å². The van der Waals surface area contributed by atoms with Crippen LogP contribution >= 0.6 is 11.6 Å². The third-order valence-electron chi connectivity index (χ3n) is 3.63. The molecule has 0 aliphatic heterocycles. The first-order chi connectivity index (χ1) is 11.1. The Hall–Kier alpha value is -2.33. The summed E-state index contributed by atoms with van der Waals surface area (Å²) in [6.45, 7) is 2.63. The molecule has 4 nitrogen and oxygen atoms in total. The number of pyridine rings is 1. The van der Waals surface area contributed by atoms with Gasteiger partial charge in [0.25, 0.3) is 0 Å². The van der Waals surface area contributed by atoms with Crippen LogP contribution in [-0.2, 0) is 17.6 Å². The fourth-order valence-corrected chi connectivity index (χ4v) is 2.58. The zero-order valence-electron chi connectivity index (χ0n) is 12.9. The molecule has 2 heterocycles.